The molecule has 0 N–H and O–H groups in total. The highest BCUT2D eigenvalue weighted by Crippen LogP contribution is 2.28. The lowest BCUT2D eigenvalue weighted by Crippen LogP contribution is -2.52. The summed E-state index contributed by atoms with van der Waals surface area (Å²) in [7, 11) is 0. The Morgan fingerprint density at radius 1 is 0.800 bits per heavy atom. The molecule has 0 saturated carbocycles. The van der Waals surface area contributed by atoms with Crippen LogP contribution in [0.3, 0.4) is 0 Å². The molecule has 0 aromatic carbocycles. The smallest absolute Gasteiger partial charge is 0.327 e. The van der Waals surface area contributed by atoms with E-state index in [0.29, 0.717) is 6.42 Å². The SMILES string of the molecule is CCC(OC(C)=S)(OC(C)=S)C(OC(C)=S)OC(C)=S. The lowest BCUT2D eigenvalue weighted by Gasteiger charge is -2.38. The minimum absolute atomic E-state index is 0.264. The van der Waals surface area contributed by atoms with Crippen molar-refractivity contribution in [3.05, 3.63) is 0 Å². The van der Waals surface area contributed by atoms with E-state index < -0.39 is 12.1 Å². The van der Waals surface area contributed by atoms with E-state index in [1.807, 2.05) is 6.92 Å². The molecular weight excluding hydrogens is 336 g/mol. The first-order valence-corrected chi connectivity index (χ1v) is 7.49. The van der Waals surface area contributed by atoms with Crippen LogP contribution in [-0.2, 0) is 18.9 Å². The third kappa shape index (κ3) is 6.83. The molecule has 0 bridgehead atoms. The van der Waals surface area contributed by atoms with Crippen LogP contribution in [0.5, 0.6) is 0 Å². The van der Waals surface area contributed by atoms with Crippen molar-refractivity contribution in [2.24, 2.45) is 0 Å². The van der Waals surface area contributed by atoms with E-state index in [4.69, 9.17) is 67.8 Å². The maximum atomic E-state index is 5.61. The highest BCUT2D eigenvalue weighted by atomic mass is 32.1. The van der Waals surface area contributed by atoms with Crippen LogP contribution in [0.1, 0.15) is 41.0 Å². The first-order chi connectivity index (χ1) is 9.12. The number of thiocarbonyl (C=S) groups is 4. The van der Waals surface area contributed by atoms with Gasteiger partial charge in [0.2, 0.25) is 0 Å². The van der Waals surface area contributed by atoms with Crippen LogP contribution in [0.25, 0.3) is 0 Å². The normalized spacial score (nSPS) is 10.7. The van der Waals surface area contributed by atoms with Gasteiger partial charge >= 0.3 is 12.1 Å². The molecule has 0 aromatic heterocycles. The summed E-state index contributed by atoms with van der Waals surface area (Å²) in [6.45, 7) is 8.28. The maximum absolute atomic E-state index is 5.61. The fourth-order valence-corrected chi connectivity index (χ4v) is 1.88. The molecule has 20 heavy (non-hydrogen) atoms. The van der Waals surface area contributed by atoms with Crippen molar-refractivity contribution in [1.29, 1.82) is 0 Å². The van der Waals surface area contributed by atoms with E-state index in [0.717, 1.165) is 0 Å². The maximum Gasteiger partial charge on any atom is 0.327 e. The van der Waals surface area contributed by atoms with E-state index >= 15 is 0 Å². The van der Waals surface area contributed by atoms with Crippen LogP contribution < -0.4 is 0 Å². The first kappa shape index (κ1) is 19.6. The van der Waals surface area contributed by atoms with E-state index in [9.17, 15) is 0 Å². The Morgan fingerprint density at radius 2 is 1.15 bits per heavy atom. The topological polar surface area (TPSA) is 36.9 Å². The quantitative estimate of drug-likeness (QED) is 0.525. The molecule has 0 aliphatic carbocycles. The Balaban J connectivity index is 5.55. The predicted molar refractivity (Wildman–Crippen MR) is 94.2 cm³/mol. The fourth-order valence-electron chi connectivity index (χ4n) is 1.42. The number of rotatable bonds is 6. The third-order valence-corrected chi connectivity index (χ3v) is 2.39. The second-order valence-corrected chi connectivity index (χ2v) is 6.20. The summed E-state index contributed by atoms with van der Waals surface area (Å²) < 4.78 is 22.2. The number of hydrogen-bond acceptors (Lipinski definition) is 8. The molecule has 0 aliphatic rings. The summed E-state index contributed by atoms with van der Waals surface area (Å²) in [5.41, 5.74) is 0. The monoisotopic (exact) mass is 354 g/mol. The molecule has 114 valence electrons. The van der Waals surface area contributed by atoms with Crippen LogP contribution in [0, 0.1) is 0 Å². The van der Waals surface area contributed by atoms with Crippen LogP contribution in [0.4, 0.5) is 0 Å². The lowest BCUT2D eigenvalue weighted by atomic mass is 10.2. The lowest BCUT2D eigenvalue weighted by molar-refractivity contribution is -0.257. The Kier molecular flexibility index (Phi) is 8.57. The van der Waals surface area contributed by atoms with Crippen molar-refractivity contribution in [1.82, 2.24) is 0 Å². The molecule has 0 saturated heterocycles. The summed E-state index contributed by atoms with van der Waals surface area (Å²) in [6.07, 6.45) is -0.636. The summed E-state index contributed by atoms with van der Waals surface area (Å²) in [5.74, 6) is -1.34. The number of hydrogen-bond donors (Lipinski definition) is 0. The third-order valence-electron chi connectivity index (χ3n) is 2.03. The predicted octanol–water partition coefficient (Wildman–Crippen LogP) is 3.87. The molecule has 0 aliphatic heterocycles. The molecule has 0 heterocycles. The molecule has 0 aromatic rings. The standard InChI is InChI=1S/C12H18O4S4/c1-6-12(15-9(4)19,16-10(5)20)11(13-7(2)17)14-8(3)18/h11H,6H2,1-5H3. The second-order valence-electron chi connectivity index (χ2n) is 3.90. The molecule has 0 unspecified atom stereocenters. The van der Waals surface area contributed by atoms with Crippen LogP contribution in [0.2, 0.25) is 0 Å². The number of ether oxygens (including phenoxy) is 4. The van der Waals surface area contributed by atoms with Crippen molar-refractivity contribution in [3.63, 3.8) is 0 Å². The van der Waals surface area contributed by atoms with Gasteiger partial charge in [-0.05, 0) is 48.9 Å². The molecule has 0 atom stereocenters. The van der Waals surface area contributed by atoms with Crippen molar-refractivity contribution in [3.8, 4) is 0 Å². The van der Waals surface area contributed by atoms with Gasteiger partial charge < -0.3 is 18.9 Å². The highest BCUT2D eigenvalue weighted by Gasteiger charge is 2.47. The molecule has 4 nitrogen and oxygen atoms in total. The van der Waals surface area contributed by atoms with Gasteiger partial charge in [0.1, 0.15) is 0 Å². The largest absolute Gasteiger partial charge is 0.441 e. The van der Waals surface area contributed by atoms with Crippen molar-refractivity contribution in [2.75, 3.05) is 0 Å². The molecule has 0 amide bonds. The summed E-state index contributed by atoms with van der Waals surface area (Å²) in [4.78, 5) is 0. The van der Waals surface area contributed by atoms with Gasteiger partial charge in [-0.1, -0.05) is 6.92 Å². The van der Waals surface area contributed by atoms with Gasteiger partial charge in [0.05, 0.1) is 0 Å². The van der Waals surface area contributed by atoms with Gasteiger partial charge in [0.15, 0.2) is 20.2 Å². The zero-order valence-corrected chi connectivity index (χ0v) is 15.3. The summed E-state index contributed by atoms with van der Waals surface area (Å²) in [5, 5.41) is 1.06. The summed E-state index contributed by atoms with van der Waals surface area (Å²) in [6, 6.07) is 0. The first-order valence-electron chi connectivity index (χ1n) is 5.86. The van der Waals surface area contributed by atoms with Crippen molar-refractivity contribution >= 4 is 69.1 Å². The van der Waals surface area contributed by atoms with Crippen molar-refractivity contribution in [2.45, 2.75) is 53.1 Å². The van der Waals surface area contributed by atoms with Gasteiger partial charge in [0.25, 0.3) is 0 Å². The minimum Gasteiger partial charge on any atom is -0.441 e. The van der Waals surface area contributed by atoms with Gasteiger partial charge in [-0.2, -0.15) is 0 Å². The minimum atomic E-state index is -1.34. The van der Waals surface area contributed by atoms with Crippen molar-refractivity contribution < 1.29 is 18.9 Å². The fraction of sp³-hybridized carbons (Fsp3) is 0.667. The average molecular weight is 355 g/mol. The van der Waals surface area contributed by atoms with Crippen LogP contribution in [-0.4, -0.2) is 32.3 Å². The summed E-state index contributed by atoms with van der Waals surface area (Å²) >= 11 is 19.9. The molecule has 0 radical (unpaired) electrons. The van der Waals surface area contributed by atoms with Crippen LogP contribution >= 0.6 is 48.9 Å². The molecular formula is C12H18O4S4. The Morgan fingerprint density at radius 3 is 1.35 bits per heavy atom. The van der Waals surface area contributed by atoms with E-state index in [1.54, 1.807) is 27.7 Å². The second kappa shape index (κ2) is 8.76. The molecule has 8 heteroatoms. The zero-order valence-electron chi connectivity index (χ0n) is 12.1. The molecule has 0 fully saturated rings. The van der Waals surface area contributed by atoms with Crippen LogP contribution in [0.15, 0.2) is 0 Å². The Hall–Kier alpha value is -0.440. The Labute approximate surface area is 141 Å². The van der Waals surface area contributed by atoms with E-state index in [2.05, 4.69) is 0 Å². The van der Waals surface area contributed by atoms with E-state index in [-0.39, 0.29) is 20.2 Å². The van der Waals surface area contributed by atoms with Gasteiger partial charge in [-0.3, -0.25) is 0 Å². The molecule has 0 rings (SSSR count). The van der Waals surface area contributed by atoms with Gasteiger partial charge in [0, 0.05) is 34.1 Å². The van der Waals surface area contributed by atoms with E-state index in [1.165, 1.54) is 0 Å². The van der Waals surface area contributed by atoms with Gasteiger partial charge in [-0.15, -0.1) is 0 Å². The highest BCUT2D eigenvalue weighted by molar-refractivity contribution is 7.80. The Bertz CT molecular complexity index is 376. The zero-order chi connectivity index (χ0) is 15.9. The average Bonchev–Trinajstić information content (AvgIpc) is 2.24. The molecule has 0 spiro atoms. The van der Waals surface area contributed by atoms with Gasteiger partial charge in [-0.25, -0.2) is 0 Å².